The highest BCUT2D eigenvalue weighted by Gasteiger charge is 2.23. The molecule has 1 aromatic rings. The Bertz CT molecular complexity index is 381. The minimum atomic E-state index is 0.490. The molecule has 1 fully saturated rings. The Balaban J connectivity index is 1.78. The van der Waals surface area contributed by atoms with Crippen molar-refractivity contribution in [3.8, 4) is 5.75 Å². The van der Waals surface area contributed by atoms with Gasteiger partial charge in [0.05, 0.1) is 6.10 Å². The average molecular weight is 275 g/mol. The van der Waals surface area contributed by atoms with Crippen LogP contribution in [0.4, 0.5) is 0 Å². The van der Waals surface area contributed by atoms with Gasteiger partial charge in [-0.15, -0.1) is 0 Å². The van der Waals surface area contributed by atoms with Crippen LogP contribution >= 0.6 is 0 Å². The van der Waals surface area contributed by atoms with Crippen molar-refractivity contribution in [3.63, 3.8) is 0 Å². The highest BCUT2D eigenvalue weighted by atomic mass is 16.5. The summed E-state index contributed by atoms with van der Waals surface area (Å²) < 4.78 is 5.78. The van der Waals surface area contributed by atoms with Gasteiger partial charge in [-0.2, -0.15) is 0 Å². The summed E-state index contributed by atoms with van der Waals surface area (Å²) in [5.74, 6) is 1.72. The Hall–Kier alpha value is -1.02. The molecule has 1 N–H and O–H groups in total. The quantitative estimate of drug-likeness (QED) is 0.730. The van der Waals surface area contributed by atoms with Gasteiger partial charge in [0.1, 0.15) is 5.75 Å². The lowest BCUT2D eigenvalue weighted by atomic mass is 9.96. The van der Waals surface area contributed by atoms with Crippen LogP contribution in [0.5, 0.6) is 5.75 Å². The van der Waals surface area contributed by atoms with E-state index in [1.165, 1.54) is 31.2 Å². The maximum Gasteiger partial charge on any atom is 0.119 e. The zero-order chi connectivity index (χ0) is 14.4. The Kier molecular flexibility index (Phi) is 5.90. The zero-order valence-corrected chi connectivity index (χ0v) is 13.2. The van der Waals surface area contributed by atoms with Crippen molar-refractivity contribution >= 4 is 0 Å². The van der Waals surface area contributed by atoms with E-state index >= 15 is 0 Å². The second kappa shape index (κ2) is 7.68. The predicted molar refractivity (Wildman–Crippen MR) is 85.3 cm³/mol. The number of ether oxygens (including phenoxy) is 1. The van der Waals surface area contributed by atoms with E-state index in [1.54, 1.807) is 0 Å². The molecule has 0 saturated heterocycles. The zero-order valence-electron chi connectivity index (χ0n) is 13.2. The summed E-state index contributed by atoms with van der Waals surface area (Å²) in [4.78, 5) is 0. The molecule has 1 unspecified atom stereocenters. The van der Waals surface area contributed by atoms with Crippen LogP contribution in [0.3, 0.4) is 0 Å². The maximum atomic E-state index is 5.78. The molecular formula is C18H29NO. The minimum absolute atomic E-state index is 0.490. The summed E-state index contributed by atoms with van der Waals surface area (Å²) in [6.07, 6.45) is 6.49. The van der Waals surface area contributed by atoms with Crippen molar-refractivity contribution in [3.05, 3.63) is 29.8 Å². The van der Waals surface area contributed by atoms with Crippen molar-refractivity contribution < 1.29 is 4.74 Å². The SMILES string of the molecule is CCCNC(CCc1ccc(OC2CC2)cc1)C(C)C. The van der Waals surface area contributed by atoms with Gasteiger partial charge in [0.25, 0.3) is 0 Å². The molecule has 112 valence electrons. The minimum Gasteiger partial charge on any atom is -0.490 e. The molecular weight excluding hydrogens is 246 g/mol. The Labute approximate surface area is 123 Å². The summed E-state index contributed by atoms with van der Waals surface area (Å²) in [5.41, 5.74) is 1.41. The Morgan fingerprint density at radius 3 is 2.45 bits per heavy atom. The van der Waals surface area contributed by atoms with Gasteiger partial charge in [-0.3, -0.25) is 0 Å². The van der Waals surface area contributed by atoms with Gasteiger partial charge in [-0.25, -0.2) is 0 Å². The van der Waals surface area contributed by atoms with Gasteiger partial charge in [-0.1, -0.05) is 32.9 Å². The smallest absolute Gasteiger partial charge is 0.119 e. The van der Waals surface area contributed by atoms with Crippen molar-refractivity contribution in [2.45, 2.75) is 65.0 Å². The maximum absolute atomic E-state index is 5.78. The van der Waals surface area contributed by atoms with E-state index in [9.17, 15) is 0 Å². The highest BCUT2D eigenvalue weighted by molar-refractivity contribution is 5.28. The summed E-state index contributed by atoms with van der Waals surface area (Å²) in [5, 5.41) is 3.66. The molecule has 1 aliphatic rings. The van der Waals surface area contributed by atoms with Crippen LogP contribution in [-0.4, -0.2) is 18.7 Å². The van der Waals surface area contributed by atoms with Crippen LogP contribution in [0.15, 0.2) is 24.3 Å². The van der Waals surface area contributed by atoms with Crippen LogP contribution in [0.2, 0.25) is 0 Å². The molecule has 0 aromatic heterocycles. The van der Waals surface area contributed by atoms with Gasteiger partial charge < -0.3 is 10.1 Å². The van der Waals surface area contributed by atoms with E-state index in [0.717, 1.165) is 18.7 Å². The molecule has 1 atom stereocenters. The van der Waals surface area contributed by atoms with E-state index in [1.807, 2.05) is 0 Å². The van der Waals surface area contributed by atoms with Crippen LogP contribution in [-0.2, 0) is 6.42 Å². The number of benzene rings is 1. The lowest BCUT2D eigenvalue weighted by Gasteiger charge is -2.22. The molecule has 2 heteroatoms. The largest absolute Gasteiger partial charge is 0.490 e. The first kappa shape index (κ1) is 15.4. The Morgan fingerprint density at radius 1 is 1.20 bits per heavy atom. The third-order valence-corrected chi connectivity index (χ3v) is 3.96. The molecule has 0 bridgehead atoms. The van der Waals surface area contributed by atoms with E-state index in [0.29, 0.717) is 18.1 Å². The van der Waals surface area contributed by atoms with Gasteiger partial charge in [-0.05, 0) is 62.3 Å². The first-order valence-electron chi connectivity index (χ1n) is 8.18. The molecule has 20 heavy (non-hydrogen) atoms. The molecule has 2 nitrogen and oxygen atoms in total. The van der Waals surface area contributed by atoms with E-state index in [2.05, 4.69) is 50.4 Å². The third-order valence-electron chi connectivity index (χ3n) is 3.96. The van der Waals surface area contributed by atoms with Gasteiger partial charge >= 0.3 is 0 Å². The molecule has 0 spiro atoms. The number of rotatable bonds is 9. The molecule has 0 heterocycles. The molecule has 1 aliphatic carbocycles. The van der Waals surface area contributed by atoms with E-state index < -0.39 is 0 Å². The van der Waals surface area contributed by atoms with Crippen molar-refractivity contribution in [2.24, 2.45) is 5.92 Å². The average Bonchev–Trinajstić information content (AvgIpc) is 3.24. The topological polar surface area (TPSA) is 21.3 Å². The summed E-state index contributed by atoms with van der Waals surface area (Å²) in [6.45, 7) is 7.96. The van der Waals surface area contributed by atoms with Crippen molar-refractivity contribution in [1.82, 2.24) is 5.32 Å². The summed E-state index contributed by atoms with van der Waals surface area (Å²) in [7, 11) is 0. The predicted octanol–water partition coefficient (Wildman–Crippen LogP) is 4.18. The first-order valence-corrected chi connectivity index (χ1v) is 8.18. The van der Waals surface area contributed by atoms with Gasteiger partial charge in [0, 0.05) is 6.04 Å². The molecule has 0 aliphatic heterocycles. The molecule has 0 radical (unpaired) electrons. The fourth-order valence-electron chi connectivity index (χ4n) is 2.44. The van der Waals surface area contributed by atoms with Gasteiger partial charge in [0.2, 0.25) is 0 Å². The molecule has 2 rings (SSSR count). The summed E-state index contributed by atoms with van der Waals surface area (Å²) in [6, 6.07) is 9.30. The normalized spacial score (nSPS) is 16.4. The standard InChI is InChI=1S/C18H29NO/c1-4-13-19-18(14(2)3)12-7-15-5-8-16(9-6-15)20-17-10-11-17/h5-6,8-9,14,17-19H,4,7,10-13H2,1-3H3. The lowest BCUT2D eigenvalue weighted by Crippen LogP contribution is -2.34. The second-order valence-corrected chi connectivity index (χ2v) is 6.30. The van der Waals surface area contributed by atoms with Crippen molar-refractivity contribution in [1.29, 1.82) is 0 Å². The van der Waals surface area contributed by atoms with E-state index in [4.69, 9.17) is 4.74 Å². The fraction of sp³-hybridized carbons (Fsp3) is 0.667. The number of hydrogen-bond donors (Lipinski definition) is 1. The van der Waals surface area contributed by atoms with Crippen LogP contribution in [0, 0.1) is 5.92 Å². The lowest BCUT2D eigenvalue weighted by molar-refractivity contribution is 0.303. The van der Waals surface area contributed by atoms with E-state index in [-0.39, 0.29) is 0 Å². The Morgan fingerprint density at radius 2 is 1.90 bits per heavy atom. The summed E-state index contributed by atoms with van der Waals surface area (Å²) >= 11 is 0. The molecule has 1 aromatic carbocycles. The third kappa shape index (κ3) is 5.16. The first-order chi connectivity index (χ1) is 9.69. The second-order valence-electron chi connectivity index (χ2n) is 6.30. The van der Waals surface area contributed by atoms with Crippen LogP contribution in [0.1, 0.15) is 52.0 Å². The number of aryl methyl sites for hydroxylation is 1. The highest BCUT2D eigenvalue weighted by Crippen LogP contribution is 2.26. The van der Waals surface area contributed by atoms with Crippen LogP contribution in [0.25, 0.3) is 0 Å². The molecule has 0 amide bonds. The number of nitrogens with one attached hydrogen (secondary N) is 1. The molecule has 1 saturated carbocycles. The fourth-order valence-corrected chi connectivity index (χ4v) is 2.44. The van der Waals surface area contributed by atoms with Crippen molar-refractivity contribution in [2.75, 3.05) is 6.54 Å². The van der Waals surface area contributed by atoms with Crippen LogP contribution < -0.4 is 10.1 Å². The monoisotopic (exact) mass is 275 g/mol. The van der Waals surface area contributed by atoms with Gasteiger partial charge in [0.15, 0.2) is 0 Å². The number of hydrogen-bond acceptors (Lipinski definition) is 2.